The number of rotatable bonds is 2. The van der Waals surface area contributed by atoms with Crippen molar-refractivity contribution in [2.75, 3.05) is 5.32 Å². The Balaban J connectivity index is 2.86. The summed E-state index contributed by atoms with van der Waals surface area (Å²) in [5.74, 6) is -0.529. The second-order valence-corrected chi connectivity index (χ2v) is 5.12. The van der Waals surface area contributed by atoms with Crippen LogP contribution in [0.5, 0.6) is 0 Å². The molecule has 1 unspecified atom stereocenters. The first-order valence-electron chi connectivity index (χ1n) is 5.74. The number of hydrogen-bond donors (Lipinski definition) is 2. The highest BCUT2D eigenvalue weighted by Crippen LogP contribution is 2.22. The van der Waals surface area contributed by atoms with Crippen molar-refractivity contribution in [2.45, 2.75) is 39.3 Å². The molecule has 1 amide bonds. The van der Waals surface area contributed by atoms with Crippen molar-refractivity contribution in [2.24, 2.45) is 5.73 Å². The maximum absolute atomic E-state index is 14.0. The predicted octanol–water partition coefficient (Wildman–Crippen LogP) is 3.19. The lowest BCUT2D eigenvalue weighted by Crippen LogP contribution is -2.27. The summed E-state index contributed by atoms with van der Waals surface area (Å²) in [6.07, 6.45) is -0.691. The highest BCUT2D eigenvalue weighted by molar-refractivity contribution is 5.85. The van der Waals surface area contributed by atoms with E-state index in [1.807, 2.05) is 0 Å². The van der Waals surface area contributed by atoms with Crippen LogP contribution >= 0.6 is 0 Å². The normalized spacial score (nSPS) is 13.0. The molecule has 0 aliphatic rings. The molecule has 0 aliphatic heterocycles. The number of ether oxygens (including phenoxy) is 1. The SMILES string of the molecule is CC(N)c1cccc(NC(=O)OC(C)(C)C)c1F. The maximum atomic E-state index is 14.0. The molecule has 1 aromatic carbocycles. The molecule has 18 heavy (non-hydrogen) atoms. The third-order valence-corrected chi connectivity index (χ3v) is 2.15. The molecule has 100 valence electrons. The topological polar surface area (TPSA) is 64.3 Å². The van der Waals surface area contributed by atoms with Gasteiger partial charge in [-0.3, -0.25) is 5.32 Å². The second kappa shape index (κ2) is 5.35. The number of nitrogens with one attached hydrogen (secondary N) is 1. The fourth-order valence-electron chi connectivity index (χ4n) is 1.41. The molecule has 5 heteroatoms. The molecule has 0 fully saturated rings. The summed E-state index contributed by atoms with van der Waals surface area (Å²) in [5.41, 5.74) is 5.43. The van der Waals surface area contributed by atoms with Crippen LogP contribution in [0.1, 0.15) is 39.3 Å². The van der Waals surface area contributed by atoms with E-state index < -0.39 is 23.6 Å². The van der Waals surface area contributed by atoms with Crippen molar-refractivity contribution < 1.29 is 13.9 Å². The Morgan fingerprint density at radius 1 is 1.44 bits per heavy atom. The van der Waals surface area contributed by atoms with Crippen LogP contribution in [-0.2, 0) is 4.74 Å². The van der Waals surface area contributed by atoms with E-state index in [4.69, 9.17) is 10.5 Å². The van der Waals surface area contributed by atoms with Gasteiger partial charge in [-0.1, -0.05) is 12.1 Å². The minimum absolute atomic E-state index is 0.0686. The van der Waals surface area contributed by atoms with Gasteiger partial charge in [-0.15, -0.1) is 0 Å². The van der Waals surface area contributed by atoms with E-state index in [1.54, 1.807) is 39.8 Å². The second-order valence-electron chi connectivity index (χ2n) is 5.12. The largest absolute Gasteiger partial charge is 0.444 e. The fraction of sp³-hybridized carbons (Fsp3) is 0.462. The van der Waals surface area contributed by atoms with Crippen LogP contribution in [0.15, 0.2) is 18.2 Å². The van der Waals surface area contributed by atoms with Gasteiger partial charge in [0.2, 0.25) is 0 Å². The van der Waals surface area contributed by atoms with Crippen molar-refractivity contribution >= 4 is 11.8 Å². The van der Waals surface area contributed by atoms with Crippen molar-refractivity contribution in [1.29, 1.82) is 0 Å². The van der Waals surface area contributed by atoms with Gasteiger partial charge in [-0.25, -0.2) is 9.18 Å². The van der Waals surface area contributed by atoms with E-state index in [2.05, 4.69) is 5.32 Å². The monoisotopic (exact) mass is 254 g/mol. The minimum atomic E-state index is -0.691. The Bertz CT molecular complexity index is 439. The van der Waals surface area contributed by atoms with Gasteiger partial charge in [0.1, 0.15) is 5.60 Å². The van der Waals surface area contributed by atoms with Crippen molar-refractivity contribution in [3.63, 3.8) is 0 Å². The van der Waals surface area contributed by atoms with Crippen molar-refractivity contribution in [1.82, 2.24) is 0 Å². The Morgan fingerprint density at radius 3 is 2.56 bits per heavy atom. The lowest BCUT2D eigenvalue weighted by molar-refractivity contribution is 0.0635. The number of amides is 1. The first-order chi connectivity index (χ1) is 8.20. The number of carbonyl (C=O) groups excluding carboxylic acids is 1. The maximum Gasteiger partial charge on any atom is 0.412 e. The van der Waals surface area contributed by atoms with E-state index >= 15 is 0 Å². The third-order valence-electron chi connectivity index (χ3n) is 2.15. The first kappa shape index (κ1) is 14.4. The van der Waals surface area contributed by atoms with Crippen molar-refractivity contribution in [3.05, 3.63) is 29.6 Å². The highest BCUT2D eigenvalue weighted by atomic mass is 19.1. The third kappa shape index (κ3) is 4.00. The van der Waals surface area contributed by atoms with Gasteiger partial charge in [0.15, 0.2) is 5.82 Å². The van der Waals surface area contributed by atoms with Gasteiger partial charge >= 0.3 is 6.09 Å². The molecule has 1 aromatic rings. The summed E-state index contributed by atoms with van der Waals surface area (Å²) in [4.78, 5) is 11.5. The standard InChI is InChI=1S/C13H19FN2O2/c1-8(15)9-6-5-7-10(11(9)14)16-12(17)18-13(2,3)4/h5-8H,15H2,1-4H3,(H,16,17). The number of carbonyl (C=O) groups is 1. The van der Waals surface area contributed by atoms with Crippen LogP contribution in [0.2, 0.25) is 0 Å². The summed E-state index contributed by atoms with van der Waals surface area (Å²) in [5, 5.41) is 2.37. The van der Waals surface area contributed by atoms with Gasteiger partial charge in [0, 0.05) is 11.6 Å². The van der Waals surface area contributed by atoms with E-state index in [1.165, 1.54) is 6.07 Å². The Hall–Kier alpha value is -1.62. The molecule has 0 bridgehead atoms. The molecule has 4 nitrogen and oxygen atoms in total. The van der Waals surface area contributed by atoms with E-state index in [0.29, 0.717) is 5.56 Å². The first-order valence-corrected chi connectivity index (χ1v) is 5.74. The zero-order chi connectivity index (χ0) is 13.9. The lowest BCUT2D eigenvalue weighted by Gasteiger charge is -2.20. The summed E-state index contributed by atoms with van der Waals surface area (Å²) in [7, 11) is 0. The highest BCUT2D eigenvalue weighted by Gasteiger charge is 2.18. The zero-order valence-electron chi connectivity index (χ0n) is 11.1. The summed E-state index contributed by atoms with van der Waals surface area (Å²) < 4.78 is 19.0. The van der Waals surface area contributed by atoms with Gasteiger partial charge in [0.05, 0.1) is 5.69 Å². The summed E-state index contributed by atoms with van der Waals surface area (Å²) >= 11 is 0. The minimum Gasteiger partial charge on any atom is -0.444 e. The summed E-state index contributed by atoms with van der Waals surface area (Å²) in [6, 6.07) is 4.24. The van der Waals surface area contributed by atoms with Crippen LogP contribution < -0.4 is 11.1 Å². The molecule has 1 atom stereocenters. The molecule has 0 saturated heterocycles. The Kier molecular flexibility index (Phi) is 4.29. The average Bonchev–Trinajstić information content (AvgIpc) is 2.17. The van der Waals surface area contributed by atoms with Crippen LogP contribution in [0.3, 0.4) is 0 Å². The fourth-order valence-corrected chi connectivity index (χ4v) is 1.41. The molecular formula is C13H19FN2O2. The molecule has 0 saturated carbocycles. The Labute approximate surface area is 106 Å². The number of anilines is 1. The molecule has 0 aliphatic carbocycles. The van der Waals surface area contributed by atoms with Crippen molar-refractivity contribution in [3.8, 4) is 0 Å². The molecule has 0 aromatic heterocycles. The number of benzene rings is 1. The van der Waals surface area contributed by atoms with E-state index in [0.717, 1.165) is 0 Å². The van der Waals surface area contributed by atoms with Gasteiger partial charge < -0.3 is 10.5 Å². The van der Waals surface area contributed by atoms with Gasteiger partial charge in [-0.05, 0) is 33.8 Å². The van der Waals surface area contributed by atoms with Crippen LogP contribution in [0.4, 0.5) is 14.9 Å². The average molecular weight is 254 g/mol. The molecule has 0 radical (unpaired) electrons. The van der Waals surface area contributed by atoms with Crippen LogP contribution in [0.25, 0.3) is 0 Å². The molecule has 1 rings (SSSR count). The smallest absolute Gasteiger partial charge is 0.412 e. The summed E-state index contributed by atoms with van der Waals surface area (Å²) in [6.45, 7) is 6.89. The van der Waals surface area contributed by atoms with Gasteiger partial charge in [-0.2, -0.15) is 0 Å². The molecular weight excluding hydrogens is 235 g/mol. The number of nitrogens with two attached hydrogens (primary N) is 1. The number of halogens is 1. The number of hydrogen-bond acceptors (Lipinski definition) is 3. The Morgan fingerprint density at radius 2 is 2.06 bits per heavy atom. The predicted molar refractivity (Wildman–Crippen MR) is 68.9 cm³/mol. The van der Waals surface area contributed by atoms with Gasteiger partial charge in [0.25, 0.3) is 0 Å². The van der Waals surface area contributed by atoms with E-state index in [-0.39, 0.29) is 5.69 Å². The quantitative estimate of drug-likeness (QED) is 0.851. The lowest BCUT2D eigenvalue weighted by atomic mass is 10.1. The van der Waals surface area contributed by atoms with Crippen LogP contribution in [-0.4, -0.2) is 11.7 Å². The zero-order valence-corrected chi connectivity index (χ0v) is 11.1. The van der Waals surface area contributed by atoms with E-state index in [9.17, 15) is 9.18 Å². The molecule has 3 N–H and O–H groups in total. The molecule has 0 spiro atoms. The molecule has 0 heterocycles. The van der Waals surface area contributed by atoms with Crippen LogP contribution in [0, 0.1) is 5.82 Å².